The average molecular weight is 598 g/mol. The molecular weight excluding hydrogens is 567 g/mol. The van der Waals surface area contributed by atoms with Gasteiger partial charge in [-0.25, -0.2) is 23.0 Å². The van der Waals surface area contributed by atoms with Gasteiger partial charge >= 0.3 is 18.1 Å². The fourth-order valence-corrected chi connectivity index (χ4v) is 4.47. The summed E-state index contributed by atoms with van der Waals surface area (Å²) in [6.07, 6.45) is -1.94. The first-order valence-electron chi connectivity index (χ1n) is 12.4. The van der Waals surface area contributed by atoms with Crippen LogP contribution in [-0.4, -0.2) is 54.9 Å². The molecule has 0 aliphatic carbocycles. The van der Waals surface area contributed by atoms with Crippen LogP contribution in [0.1, 0.15) is 42.6 Å². The Bertz CT molecular complexity index is 1400. The molecule has 0 saturated carbocycles. The summed E-state index contributed by atoms with van der Waals surface area (Å²) in [5, 5.41) is 17.0. The number of rotatable bonds is 12. The number of nitrogens with zero attached hydrogens (tertiary/aromatic N) is 2. The summed E-state index contributed by atoms with van der Waals surface area (Å²) in [7, 11) is -3.94. The van der Waals surface area contributed by atoms with Gasteiger partial charge in [0.25, 0.3) is 10.0 Å². The third-order valence-corrected chi connectivity index (χ3v) is 6.73. The first kappa shape index (κ1) is 32.9. The number of sulfonamides is 1. The number of carbonyl (C=O) groups is 2. The van der Waals surface area contributed by atoms with E-state index in [0.29, 0.717) is 31.3 Å². The predicted molar refractivity (Wildman–Crippen MR) is 146 cm³/mol. The number of aromatic carboxylic acids is 1. The number of unbranched alkanes of at least 4 members (excludes halogenated alkanes) is 1. The van der Waals surface area contributed by atoms with Gasteiger partial charge < -0.3 is 19.8 Å². The van der Waals surface area contributed by atoms with Crippen LogP contribution in [0.2, 0.25) is 0 Å². The van der Waals surface area contributed by atoms with Gasteiger partial charge in [0, 0.05) is 13.1 Å². The summed E-state index contributed by atoms with van der Waals surface area (Å²) in [6, 6.07) is 17.0. The minimum absolute atomic E-state index is 0.0329. The second-order valence-corrected chi connectivity index (χ2v) is 10.2. The number of carboxylic acids is 2. The zero-order valence-electron chi connectivity index (χ0n) is 22.3. The van der Waals surface area contributed by atoms with Crippen molar-refractivity contribution in [2.45, 2.75) is 44.3 Å². The smallest absolute Gasteiger partial charge is 0.490 e. The van der Waals surface area contributed by atoms with Crippen molar-refractivity contribution < 1.29 is 46.1 Å². The molecular formula is C27H30F3N3O7S. The fourth-order valence-electron chi connectivity index (χ4n) is 3.43. The van der Waals surface area contributed by atoms with E-state index in [4.69, 9.17) is 14.6 Å². The SMILES string of the molecule is CCCCN(Cc1ccccc1)c1ncc(NS(=O)(=O)c2ccc(OCC)cc2)cc1C(=O)O.O=C(O)C(F)(F)F. The monoisotopic (exact) mass is 597 g/mol. The molecule has 0 spiro atoms. The molecule has 3 aromatic rings. The van der Waals surface area contributed by atoms with E-state index in [-0.39, 0.29) is 16.1 Å². The lowest BCUT2D eigenvalue weighted by Crippen LogP contribution is -2.27. The van der Waals surface area contributed by atoms with E-state index in [1.54, 1.807) is 12.1 Å². The van der Waals surface area contributed by atoms with Crippen molar-refractivity contribution in [2.75, 3.05) is 22.8 Å². The highest BCUT2D eigenvalue weighted by Gasteiger charge is 2.38. The molecule has 0 fully saturated rings. The number of hydrogen-bond donors (Lipinski definition) is 3. The zero-order chi connectivity index (χ0) is 30.6. The van der Waals surface area contributed by atoms with Crippen molar-refractivity contribution in [3.8, 4) is 5.75 Å². The molecule has 0 amide bonds. The van der Waals surface area contributed by atoms with Crippen LogP contribution in [0, 0.1) is 0 Å². The maximum Gasteiger partial charge on any atom is 0.490 e. The van der Waals surface area contributed by atoms with Gasteiger partial charge in [-0.1, -0.05) is 43.7 Å². The van der Waals surface area contributed by atoms with Gasteiger partial charge in [0.15, 0.2) is 0 Å². The van der Waals surface area contributed by atoms with Crippen molar-refractivity contribution in [3.63, 3.8) is 0 Å². The highest BCUT2D eigenvalue weighted by molar-refractivity contribution is 7.92. The third kappa shape index (κ3) is 10.3. The lowest BCUT2D eigenvalue weighted by molar-refractivity contribution is -0.192. The van der Waals surface area contributed by atoms with Gasteiger partial charge in [-0.2, -0.15) is 13.2 Å². The van der Waals surface area contributed by atoms with Crippen molar-refractivity contribution in [1.82, 2.24) is 4.98 Å². The molecule has 41 heavy (non-hydrogen) atoms. The molecule has 222 valence electrons. The van der Waals surface area contributed by atoms with Crippen LogP contribution in [-0.2, 0) is 21.4 Å². The number of alkyl halides is 3. The number of anilines is 2. The van der Waals surface area contributed by atoms with Crippen LogP contribution < -0.4 is 14.4 Å². The molecule has 0 atom stereocenters. The second kappa shape index (κ2) is 14.9. The normalized spacial score (nSPS) is 11.1. The topological polar surface area (TPSA) is 146 Å². The molecule has 1 heterocycles. The fraction of sp³-hybridized carbons (Fsp3) is 0.296. The highest BCUT2D eigenvalue weighted by Crippen LogP contribution is 2.26. The minimum Gasteiger partial charge on any atom is -0.494 e. The zero-order valence-corrected chi connectivity index (χ0v) is 23.1. The molecule has 0 aliphatic rings. The number of aliphatic carboxylic acids is 1. The van der Waals surface area contributed by atoms with E-state index in [1.807, 2.05) is 42.2 Å². The van der Waals surface area contributed by atoms with E-state index in [1.165, 1.54) is 24.4 Å². The van der Waals surface area contributed by atoms with Gasteiger partial charge in [0.1, 0.15) is 17.1 Å². The number of carboxylic acid groups (broad SMARTS) is 2. The summed E-state index contributed by atoms with van der Waals surface area (Å²) in [5.74, 6) is -3.08. The van der Waals surface area contributed by atoms with Crippen LogP contribution in [0.5, 0.6) is 5.75 Å². The Balaban J connectivity index is 0.000000745. The summed E-state index contributed by atoms with van der Waals surface area (Å²) in [6.45, 7) is 5.48. The summed E-state index contributed by atoms with van der Waals surface area (Å²) >= 11 is 0. The molecule has 3 rings (SSSR count). The largest absolute Gasteiger partial charge is 0.494 e. The van der Waals surface area contributed by atoms with Crippen molar-refractivity contribution >= 4 is 33.5 Å². The Labute approximate surface area is 235 Å². The van der Waals surface area contributed by atoms with Crippen LogP contribution in [0.15, 0.2) is 71.8 Å². The first-order valence-corrected chi connectivity index (χ1v) is 13.8. The van der Waals surface area contributed by atoms with Crippen LogP contribution >= 0.6 is 0 Å². The Hall–Kier alpha value is -4.33. The van der Waals surface area contributed by atoms with E-state index in [2.05, 4.69) is 16.6 Å². The maximum atomic E-state index is 12.8. The van der Waals surface area contributed by atoms with E-state index >= 15 is 0 Å². The molecule has 0 radical (unpaired) electrons. The Morgan fingerprint density at radius 3 is 2.15 bits per heavy atom. The highest BCUT2D eigenvalue weighted by atomic mass is 32.2. The van der Waals surface area contributed by atoms with Crippen LogP contribution in [0.3, 0.4) is 0 Å². The first-order chi connectivity index (χ1) is 19.3. The molecule has 1 aromatic heterocycles. The van der Waals surface area contributed by atoms with E-state index in [9.17, 15) is 31.5 Å². The molecule has 0 unspecified atom stereocenters. The van der Waals surface area contributed by atoms with Gasteiger partial charge in [-0.3, -0.25) is 4.72 Å². The number of halogens is 3. The molecule has 0 saturated heterocycles. The summed E-state index contributed by atoms with van der Waals surface area (Å²) < 4.78 is 65.1. The quantitative estimate of drug-likeness (QED) is 0.249. The van der Waals surface area contributed by atoms with Crippen molar-refractivity contribution in [1.29, 1.82) is 0 Å². The molecule has 0 bridgehead atoms. The third-order valence-electron chi connectivity index (χ3n) is 5.33. The number of hydrogen-bond acceptors (Lipinski definition) is 7. The lowest BCUT2D eigenvalue weighted by atomic mass is 10.1. The molecule has 2 aromatic carbocycles. The van der Waals surface area contributed by atoms with Gasteiger partial charge in [0.2, 0.25) is 0 Å². The lowest BCUT2D eigenvalue weighted by Gasteiger charge is -2.25. The Morgan fingerprint density at radius 1 is 1.02 bits per heavy atom. The summed E-state index contributed by atoms with van der Waals surface area (Å²) in [4.78, 5) is 27.3. The molecule has 3 N–H and O–H groups in total. The predicted octanol–water partition coefficient (Wildman–Crippen LogP) is 5.42. The summed E-state index contributed by atoms with van der Waals surface area (Å²) in [5.41, 5.74) is 1.03. The maximum absolute atomic E-state index is 12.8. The van der Waals surface area contributed by atoms with Crippen LogP contribution in [0.25, 0.3) is 0 Å². The molecule has 0 aliphatic heterocycles. The molecule has 10 nitrogen and oxygen atoms in total. The number of nitrogens with one attached hydrogen (secondary N) is 1. The van der Waals surface area contributed by atoms with Gasteiger partial charge in [-0.05, 0) is 49.2 Å². The van der Waals surface area contributed by atoms with Crippen LogP contribution in [0.4, 0.5) is 24.7 Å². The molecule has 14 heteroatoms. The standard InChI is InChI=1S/C25H29N3O5S.C2HF3O2/c1-3-5-15-28(18-19-9-7-6-8-10-19)24-23(25(29)30)16-20(17-26-24)27-34(31,32)22-13-11-21(12-14-22)33-4-2;3-2(4,5)1(6)7/h6-14,16-17,27H,3-5,15,18H2,1-2H3,(H,29,30);(H,6,7). The number of ether oxygens (including phenoxy) is 1. The van der Waals surface area contributed by atoms with Crippen molar-refractivity contribution in [3.05, 3.63) is 78.0 Å². The Kier molecular flexibility index (Phi) is 11.9. The average Bonchev–Trinajstić information content (AvgIpc) is 2.92. The van der Waals surface area contributed by atoms with E-state index in [0.717, 1.165) is 18.4 Å². The number of pyridine rings is 1. The van der Waals surface area contributed by atoms with E-state index < -0.39 is 28.1 Å². The Morgan fingerprint density at radius 2 is 1.63 bits per heavy atom. The second-order valence-electron chi connectivity index (χ2n) is 8.47. The number of aromatic nitrogens is 1. The van der Waals surface area contributed by atoms with Crippen molar-refractivity contribution in [2.24, 2.45) is 0 Å². The van der Waals surface area contributed by atoms with Gasteiger partial charge in [-0.15, -0.1) is 0 Å². The minimum atomic E-state index is -5.08. The number of benzene rings is 2. The van der Waals surface area contributed by atoms with Gasteiger partial charge in [0.05, 0.1) is 23.4 Å².